The minimum Gasteiger partial charge on any atom is -0.462 e. The van der Waals surface area contributed by atoms with Crippen LogP contribution in [0.1, 0.15) is 23.0 Å². The van der Waals surface area contributed by atoms with E-state index >= 15 is 0 Å². The first kappa shape index (κ1) is 18.0. The van der Waals surface area contributed by atoms with Crippen LogP contribution in [0.3, 0.4) is 0 Å². The first-order chi connectivity index (χ1) is 12.6. The number of nitrogens with one attached hydrogen (secondary N) is 1. The Morgan fingerprint density at radius 3 is 2.85 bits per heavy atom. The van der Waals surface area contributed by atoms with Gasteiger partial charge in [-0.1, -0.05) is 29.3 Å². The first-order valence-corrected chi connectivity index (χ1v) is 8.25. The number of hydrogen-bond donors (Lipinski definition) is 1. The smallest absolute Gasteiger partial charge is 0.345 e. The van der Waals surface area contributed by atoms with Crippen molar-refractivity contribution in [2.75, 3.05) is 11.9 Å². The van der Waals surface area contributed by atoms with Gasteiger partial charge in [0.2, 0.25) is 5.88 Å². The highest BCUT2D eigenvalue weighted by molar-refractivity contribution is 6.36. The number of furan rings is 1. The third-order valence-electron chi connectivity index (χ3n) is 3.15. The lowest BCUT2D eigenvalue weighted by Crippen LogP contribution is -2.06. The van der Waals surface area contributed by atoms with Crippen LogP contribution in [0, 0.1) is 0 Å². The van der Waals surface area contributed by atoms with Gasteiger partial charge in [0, 0.05) is 10.7 Å². The molecule has 1 aromatic carbocycles. The zero-order valence-electron chi connectivity index (χ0n) is 13.5. The molecule has 0 aliphatic heterocycles. The Bertz CT molecular complexity index is 938. The van der Waals surface area contributed by atoms with Crippen LogP contribution in [-0.2, 0) is 4.74 Å². The minimum absolute atomic E-state index is 0.0682. The number of halogens is 2. The van der Waals surface area contributed by atoms with Crippen molar-refractivity contribution in [1.82, 2.24) is 14.9 Å². The van der Waals surface area contributed by atoms with Crippen molar-refractivity contribution in [3.05, 3.63) is 58.3 Å². The molecule has 0 aliphatic carbocycles. The highest BCUT2D eigenvalue weighted by atomic mass is 35.5. The molecule has 0 aliphatic rings. The molecule has 0 fully saturated rings. The predicted molar refractivity (Wildman–Crippen MR) is 97.4 cm³/mol. The van der Waals surface area contributed by atoms with Crippen LogP contribution in [0.15, 0.2) is 46.4 Å². The average molecular weight is 394 g/mol. The summed E-state index contributed by atoms with van der Waals surface area (Å²) in [7, 11) is 0. The van der Waals surface area contributed by atoms with E-state index in [1.165, 1.54) is 23.5 Å². The fourth-order valence-electron chi connectivity index (χ4n) is 2.06. The van der Waals surface area contributed by atoms with Crippen molar-refractivity contribution >= 4 is 47.0 Å². The van der Waals surface area contributed by atoms with Gasteiger partial charge in [0.15, 0.2) is 5.76 Å². The van der Waals surface area contributed by atoms with Gasteiger partial charge in [0.05, 0.1) is 12.8 Å². The SMILES string of the molecule is CCOC(=O)c1c(Nc2cccc(Cl)c2)oc(/C=N\n2cnnc2)c1Cl. The highest BCUT2D eigenvalue weighted by Crippen LogP contribution is 2.34. The van der Waals surface area contributed by atoms with Gasteiger partial charge in [-0.15, -0.1) is 10.2 Å². The van der Waals surface area contributed by atoms with Crippen molar-refractivity contribution in [3.8, 4) is 0 Å². The topological polar surface area (TPSA) is 94.5 Å². The van der Waals surface area contributed by atoms with E-state index < -0.39 is 5.97 Å². The van der Waals surface area contributed by atoms with Gasteiger partial charge < -0.3 is 14.5 Å². The number of hydrogen-bond acceptors (Lipinski definition) is 7. The molecule has 3 aromatic rings. The summed E-state index contributed by atoms with van der Waals surface area (Å²) in [5.41, 5.74) is 0.689. The quantitative estimate of drug-likeness (QED) is 0.502. The molecule has 2 aromatic heterocycles. The Morgan fingerprint density at radius 1 is 1.38 bits per heavy atom. The number of ether oxygens (including phenoxy) is 1. The number of carbonyl (C=O) groups is 1. The number of rotatable bonds is 6. The lowest BCUT2D eigenvalue weighted by atomic mass is 10.2. The van der Waals surface area contributed by atoms with E-state index in [0.29, 0.717) is 10.7 Å². The van der Waals surface area contributed by atoms with Crippen molar-refractivity contribution in [1.29, 1.82) is 0 Å². The van der Waals surface area contributed by atoms with Gasteiger partial charge in [-0.25, -0.2) is 9.47 Å². The Balaban J connectivity index is 1.98. The Hall–Kier alpha value is -2.84. The molecule has 0 saturated carbocycles. The Kier molecular flexibility index (Phi) is 5.55. The molecule has 8 nitrogen and oxygen atoms in total. The largest absolute Gasteiger partial charge is 0.462 e. The third kappa shape index (κ3) is 4.04. The van der Waals surface area contributed by atoms with Crippen LogP contribution in [0.25, 0.3) is 0 Å². The average Bonchev–Trinajstić information content (AvgIpc) is 3.21. The Morgan fingerprint density at radius 2 is 2.15 bits per heavy atom. The summed E-state index contributed by atoms with van der Waals surface area (Å²) in [6.07, 6.45) is 4.13. The number of aromatic nitrogens is 3. The summed E-state index contributed by atoms with van der Waals surface area (Å²) >= 11 is 12.3. The highest BCUT2D eigenvalue weighted by Gasteiger charge is 2.25. The van der Waals surface area contributed by atoms with Gasteiger partial charge in [-0.2, -0.15) is 5.10 Å². The third-order valence-corrected chi connectivity index (χ3v) is 3.76. The lowest BCUT2D eigenvalue weighted by molar-refractivity contribution is 0.0527. The molecular formula is C16H13Cl2N5O3. The van der Waals surface area contributed by atoms with E-state index in [4.69, 9.17) is 32.4 Å². The van der Waals surface area contributed by atoms with Gasteiger partial charge in [-0.05, 0) is 25.1 Å². The second-order valence-electron chi connectivity index (χ2n) is 4.93. The maximum atomic E-state index is 12.3. The summed E-state index contributed by atoms with van der Waals surface area (Å²) in [6.45, 7) is 1.89. The normalized spacial score (nSPS) is 11.0. The number of benzene rings is 1. The first-order valence-electron chi connectivity index (χ1n) is 7.49. The van der Waals surface area contributed by atoms with Gasteiger partial charge >= 0.3 is 5.97 Å². The van der Waals surface area contributed by atoms with Gasteiger partial charge in [0.25, 0.3) is 0 Å². The number of nitrogens with zero attached hydrogens (tertiary/aromatic N) is 4. The maximum absolute atomic E-state index is 12.3. The monoisotopic (exact) mass is 393 g/mol. The second-order valence-corrected chi connectivity index (χ2v) is 5.74. The van der Waals surface area contributed by atoms with E-state index in [2.05, 4.69) is 20.6 Å². The molecule has 1 N–H and O–H groups in total. The molecule has 10 heteroatoms. The van der Waals surface area contributed by atoms with Crippen molar-refractivity contribution in [2.45, 2.75) is 6.92 Å². The molecule has 0 bridgehead atoms. The van der Waals surface area contributed by atoms with E-state index in [9.17, 15) is 4.79 Å². The van der Waals surface area contributed by atoms with Crippen LogP contribution in [0.2, 0.25) is 10.0 Å². The van der Waals surface area contributed by atoms with Crippen LogP contribution < -0.4 is 5.32 Å². The minimum atomic E-state index is -0.616. The van der Waals surface area contributed by atoms with E-state index in [1.807, 2.05) is 0 Å². The molecule has 0 spiro atoms. The van der Waals surface area contributed by atoms with E-state index in [1.54, 1.807) is 31.2 Å². The molecule has 0 atom stereocenters. The number of anilines is 2. The summed E-state index contributed by atoms with van der Waals surface area (Å²) in [5, 5.41) is 14.9. The fraction of sp³-hybridized carbons (Fsp3) is 0.125. The van der Waals surface area contributed by atoms with Gasteiger partial charge in [0.1, 0.15) is 23.2 Å². The molecule has 3 rings (SSSR count). The predicted octanol–water partition coefficient (Wildman–Crippen LogP) is 3.98. The fourth-order valence-corrected chi connectivity index (χ4v) is 2.50. The van der Waals surface area contributed by atoms with E-state index in [-0.39, 0.29) is 28.8 Å². The summed E-state index contributed by atoms with van der Waals surface area (Å²) in [4.78, 5) is 12.3. The molecule has 0 unspecified atom stereocenters. The molecular weight excluding hydrogens is 381 g/mol. The van der Waals surface area contributed by atoms with Crippen molar-refractivity contribution in [3.63, 3.8) is 0 Å². The molecule has 0 radical (unpaired) electrons. The zero-order valence-corrected chi connectivity index (χ0v) is 15.0. The van der Waals surface area contributed by atoms with Crippen LogP contribution >= 0.6 is 23.2 Å². The number of carbonyl (C=O) groups excluding carboxylic acids is 1. The van der Waals surface area contributed by atoms with E-state index in [0.717, 1.165) is 0 Å². The lowest BCUT2D eigenvalue weighted by Gasteiger charge is -2.06. The Labute approximate surface area is 158 Å². The molecule has 0 saturated heterocycles. The summed E-state index contributed by atoms with van der Waals surface area (Å²) in [5.74, 6) is -0.316. The zero-order chi connectivity index (χ0) is 18.5. The van der Waals surface area contributed by atoms with Crippen LogP contribution in [0.5, 0.6) is 0 Å². The molecule has 26 heavy (non-hydrogen) atoms. The standard InChI is InChI=1S/C16H13Cl2N5O3/c1-2-25-16(24)13-14(18)12(7-21-23-8-19-20-9-23)26-15(13)22-11-5-3-4-10(17)6-11/h3-9,22H,2H2,1H3/b21-7-. The number of esters is 1. The van der Waals surface area contributed by atoms with Crippen LogP contribution in [-0.4, -0.2) is 33.7 Å². The molecule has 0 amide bonds. The maximum Gasteiger partial charge on any atom is 0.345 e. The van der Waals surface area contributed by atoms with Crippen LogP contribution in [0.4, 0.5) is 11.6 Å². The molecule has 2 heterocycles. The van der Waals surface area contributed by atoms with Crippen molar-refractivity contribution in [2.24, 2.45) is 5.10 Å². The summed E-state index contributed by atoms with van der Waals surface area (Å²) in [6, 6.07) is 6.93. The van der Waals surface area contributed by atoms with Gasteiger partial charge in [-0.3, -0.25) is 0 Å². The molecule has 134 valence electrons. The second kappa shape index (κ2) is 8.03. The van der Waals surface area contributed by atoms with Crippen molar-refractivity contribution < 1.29 is 13.9 Å². The summed E-state index contributed by atoms with van der Waals surface area (Å²) < 4.78 is 12.1.